The van der Waals surface area contributed by atoms with Crippen molar-refractivity contribution in [2.24, 2.45) is 40.4 Å². The molecule has 22 atom stereocenters. The Morgan fingerprint density at radius 2 is 1.52 bits per heavy atom. The van der Waals surface area contributed by atoms with Crippen molar-refractivity contribution in [2.45, 2.75) is 179 Å². The first kappa shape index (κ1) is 45.0. The van der Waals surface area contributed by atoms with Crippen molar-refractivity contribution < 1.29 is 82.5 Å². The molecule has 8 aliphatic rings. The maximum atomic E-state index is 12.4. The van der Waals surface area contributed by atoms with Gasteiger partial charge >= 0.3 is 17.9 Å². The van der Waals surface area contributed by atoms with Crippen LogP contribution in [0.15, 0.2) is 23.8 Å². The minimum Gasteiger partial charge on any atom is -0.456 e. The molecule has 0 aromatic heterocycles. The first-order chi connectivity index (χ1) is 28.7. The van der Waals surface area contributed by atoms with Crippen LogP contribution in [0.1, 0.15) is 87.0 Å². The zero-order valence-corrected chi connectivity index (χ0v) is 36.0. The molecule has 0 aromatic rings. The number of hydrogen-bond donors (Lipinski definition) is 5. The van der Waals surface area contributed by atoms with E-state index < -0.39 is 109 Å². The summed E-state index contributed by atoms with van der Waals surface area (Å²) < 4.78 is 55.0. The van der Waals surface area contributed by atoms with Gasteiger partial charge in [0.2, 0.25) is 5.79 Å². The Kier molecular flexibility index (Phi) is 12.2. The Bertz CT molecular complexity index is 1750. The van der Waals surface area contributed by atoms with Gasteiger partial charge in [0.05, 0.1) is 37.6 Å². The molecule has 342 valence electrons. The van der Waals surface area contributed by atoms with Crippen LogP contribution in [0.25, 0.3) is 0 Å². The lowest BCUT2D eigenvalue weighted by Gasteiger charge is -2.60. The molecule has 5 N–H and O–H groups in total. The first-order valence-electron chi connectivity index (χ1n) is 21.9. The van der Waals surface area contributed by atoms with Gasteiger partial charge in [0.15, 0.2) is 30.9 Å². The summed E-state index contributed by atoms with van der Waals surface area (Å²) in [6.07, 6.45) is -9.83. The van der Waals surface area contributed by atoms with Crippen LogP contribution in [0.5, 0.6) is 0 Å². The van der Waals surface area contributed by atoms with E-state index in [0.29, 0.717) is 12.0 Å². The molecule has 7 fully saturated rings. The second-order valence-electron chi connectivity index (χ2n) is 19.4. The number of rotatable bonds is 7. The van der Waals surface area contributed by atoms with Crippen LogP contribution in [-0.4, -0.2) is 148 Å². The van der Waals surface area contributed by atoms with E-state index in [1.807, 2.05) is 0 Å². The molecule has 8 rings (SSSR count). The lowest BCUT2D eigenvalue weighted by molar-refractivity contribution is -0.363. The van der Waals surface area contributed by atoms with Crippen molar-refractivity contribution in [2.75, 3.05) is 13.2 Å². The molecule has 0 radical (unpaired) electrons. The van der Waals surface area contributed by atoms with E-state index in [1.165, 1.54) is 6.92 Å². The standard InChI is InChI=1S/C44H64O17/c1-18-16-54-44(39(52)33(18)50)19(2)32-30(61-44)15-28-26-10-9-24-13-25(48)14-31(43(24,8)27(26)11-12-42(28,32)7)59-40-36(34(51)29(49)17-53-40)60-41-38(58-23(6)47)37(57-22(5)46)35(20(3)55-41)56-21(4)45/h9,19-20,25-41,48-52H,1,10-17H2,2-8H3/t19-,20-,25+,26-,27+,28-,29-,30-,31+,32-,33-,34-,35-,36+,37+,38+,39-,40-,41-,42-,43-,44-/m0/s1. The summed E-state index contributed by atoms with van der Waals surface area (Å²) in [5.74, 6) is -3.03. The van der Waals surface area contributed by atoms with E-state index in [1.54, 1.807) is 6.92 Å². The average molecular weight is 865 g/mol. The van der Waals surface area contributed by atoms with Crippen molar-refractivity contribution >= 4 is 17.9 Å². The van der Waals surface area contributed by atoms with Gasteiger partial charge in [0.25, 0.3) is 0 Å². The predicted octanol–water partition coefficient (Wildman–Crippen LogP) is 1.57. The van der Waals surface area contributed by atoms with E-state index in [9.17, 15) is 39.9 Å². The average Bonchev–Trinajstić information content (AvgIpc) is 3.64. The highest BCUT2D eigenvalue weighted by atomic mass is 16.8. The lowest BCUT2D eigenvalue weighted by atomic mass is 9.46. The highest BCUT2D eigenvalue weighted by Gasteiger charge is 2.72. The minimum absolute atomic E-state index is 0.0804. The second-order valence-corrected chi connectivity index (χ2v) is 19.4. The number of allylic oxidation sites excluding steroid dienone is 1. The van der Waals surface area contributed by atoms with Crippen LogP contribution in [0.3, 0.4) is 0 Å². The van der Waals surface area contributed by atoms with Crippen molar-refractivity contribution in [3.05, 3.63) is 23.8 Å². The van der Waals surface area contributed by atoms with Gasteiger partial charge < -0.3 is 68.2 Å². The Hall–Kier alpha value is -2.55. The molecule has 17 nitrogen and oxygen atoms in total. The molecule has 0 aromatic carbocycles. The summed E-state index contributed by atoms with van der Waals surface area (Å²) in [7, 11) is 0. The summed E-state index contributed by atoms with van der Waals surface area (Å²) in [6.45, 7) is 15.3. The fraction of sp³-hybridized carbons (Fsp3) is 0.841. The van der Waals surface area contributed by atoms with Gasteiger partial charge in [-0.25, -0.2) is 0 Å². The number of carbonyl (C=O) groups is 3. The number of carbonyl (C=O) groups excluding carboxylic acids is 3. The van der Waals surface area contributed by atoms with Crippen LogP contribution < -0.4 is 0 Å². The molecule has 0 amide bonds. The monoisotopic (exact) mass is 864 g/mol. The zero-order chi connectivity index (χ0) is 44.1. The topological polar surface area (TPSA) is 235 Å². The molecule has 3 saturated carbocycles. The Labute approximate surface area is 355 Å². The van der Waals surface area contributed by atoms with E-state index in [0.717, 1.165) is 45.1 Å². The van der Waals surface area contributed by atoms with Gasteiger partial charge in [-0.05, 0) is 73.7 Å². The van der Waals surface area contributed by atoms with Gasteiger partial charge in [-0.2, -0.15) is 0 Å². The van der Waals surface area contributed by atoms with E-state index in [2.05, 4.69) is 33.4 Å². The fourth-order valence-corrected chi connectivity index (χ4v) is 13.3. The van der Waals surface area contributed by atoms with Crippen molar-refractivity contribution in [3.63, 3.8) is 0 Å². The number of aliphatic hydroxyl groups excluding tert-OH is 5. The summed E-state index contributed by atoms with van der Waals surface area (Å²) >= 11 is 0. The molecule has 17 heteroatoms. The quantitative estimate of drug-likeness (QED) is 0.139. The largest absolute Gasteiger partial charge is 0.456 e. The Morgan fingerprint density at radius 1 is 0.852 bits per heavy atom. The minimum atomic E-state index is -1.58. The maximum Gasteiger partial charge on any atom is 0.303 e. The molecule has 1 spiro atoms. The summed E-state index contributed by atoms with van der Waals surface area (Å²) in [4.78, 5) is 36.8. The highest BCUT2D eigenvalue weighted by Crippen LogP contribution is 2.71. The van der Waals surface area contributed by atoms with Crippen molar-refractivity contribution in [1.82, 2.24) is 0 Å². The van der Waals surface area contributed by atoms with Gasteiger partial charge in [0.1, 0.15) is 30.5 Å². The third-order valence-corrected chi connectivity index (χ3v) is 16.0. The van der Waals surface area contributed by atoms with Crippen LogP contribution >= 0.6 is 0 Å². The zero-order valence-electron chi connectivity index (χ0n) is 36.0. The molecule has 4 aliphatic carbocycles. The number of fused-ring (bicyclic) bond motifs is 7. The molecule has 0 bridgehead atoms. The van der Waals surface area contributed by atoms with Crippen molar-refractivity contribution in [3.8, 4) is 0 Å². The summed E-state index contributed by atoms with van der Waals surface area (Å²) in [6, 6.07) is 0. The SMILES string of the molecule is C=C1CO[C@@]2(O[C@H]3C[C@H]4[C@H]5CC=C6C[C@@H](O)C[C@@H](O[C@@H]7OC[C@H](O)[C@H](O)[C@H]7O[C@@H]7O[C@@H](C)[C@H](OC(C)=O)[C@@H](OC(C)=O)[C@H]7OC(C)=O)[C@]6(C)[C@@H]5CC[C@]4(C)[C@H]3[C@@H]2C)[C@@H](O)[C@H]1O. The smallest absolute Gasteiger partial charge is 0.303 e. The number of ether oxygens (including phenoxy) is 9. The number of hydrogen-bond acceptors (Lipinski definition) is 17. The fourth-order valence-electron chi connectivity index (χ4n) is 13.3. The van der Waals surface area contributed by atoms with Gasteiger partial charge in [-0.3, -0.25) is 14.4 Å². The van der Waals surface area contributed by atoms with E-state index in [-0.39, 0.29) is 60.7 Å². The van der Waals surface area contributed by atoms with E-state index in [4.69, 9.17) is 42.6 Å². The molecule has 4 heterocycles. The summed E-state index contributed by atoms with van der Waals surface area (Å²) in [5, 5.41) is 55.8. The van der Waals surface area contributed by atoms with Crippen LogP contribution in [0.2, 0.25) is 0 Å². The first-order valence-corrected chi connectivity index (χ1v) is 21.9. The van der Waals surface area contributed by atoms with E-state index >= 15 is 0 Å². The molecule has 4 saturated heterocycles. The number of aliphatic hydroxyl groups is 5. The van der Waals surface area contributed by atoms with Crippen molar-refractivity contribution in [1.29, 1.82) is 0 Å². The summed E-state index contributed by atoms with van der Waals surface area (Å²) in [5.41, 5.74) is 0.786. The molecular formula is C44H64O17. The van der Waals surface area contributed by atoms with Crippen LogP contribution in [0.4, 0.5) is 0 Å². The maximum absolute atomic E-state index is 12.4. The van der Waals surface area contributed by atoms with Gasteiger partial charge in [-0.15, -0.1) is 0 Å². The van der Waals surface area contributed by atoms with Crippen LogP contribution in [0, 0.1) is 40.4 Å². The third kappa shape index (κ3) is 7.40. The normalized spacial score (nSPS) is 51.6. The van der Waals surface area contributed by atoms with Gasteiger partial charge in [-0.1, -0.05) is 39.0 Å². The lowest BCUT2D eigenvalue weighted by Crippen LogP contribution is -2.65. The highest BCUT2D eigenvalue weighted by molar-refractivity contribution is 5.68. The molecule has 0 unspecified atom stereocenters. The Balaban J connectivity index is 1.05. The van der Waals surface area contributed by atoms with Crippen LogP contribution in [-0.2, 0) is 57.0 Å². The molecule has 61 heavy (non-hydrogen) atoms. The Morgan fingerprint density at radius 3 is 2.21 bits per heavy atom. The molecular weight excluding hydrogens is 800 g/mol. The third-order valence-electron chi connectivity index (χ3n) is 16.0. The number of esters is 3. The second kappa shape index (κ2) is 16.5. The van der Waals surface area contributed by atoms with Gasteiger partial charge in [0, 0.05) is 38.5 Å². The predicted molar refractivity (Wildman–Crippen MR) is 208 cm³/mol. The molecule has 4 aliphatic heterocycles.